The van der Waals surface area contributed by atoms with Gasteiger partial charge >= 0.3 is 0 Å². The van der Waals surface area contributed by atoms with Crippen LogP contribution in [0.1, 0.15) is 24.7 Å². The number of aromatic nitrogens is 3. The van der Waals surface area contributed by atoms with E-state index in [0.29, 0.717) is 36.6 Å². The molecule has 0 aliphatic heterocycles. The van der Waals surface area contributed by atoms with Crippen molar-refractivity contribution < 1.29 is 13.9 Å². The van der Waals surface area contributed by atoms with Crippen molar-refractivity contribution in [2.24, 2.45) is 5.73 Å². The highest BCUT2D eigenvalue weighted by Crippen LogP contribution is 2.30. The molecular formula is C23H35Cl3FN5O2Si. The first-order valence-corrected chi connectivity index (χ1v) is 15.8. The summed E-state index contributed by atoms with van der Waals surface area (Å²) in [5.41, 5.74) is 8.48. The van der Waals surface area contributed by atoms with Gasteiger partial charge < -0.3 is 15.8 Å². The number of hydrogen-bond acceptors (Lipinski definition) is 5. The summed E-state index contributed by atoms with van der Waals surface area (Å²) in [6.45, 7) is 15.4. The van der Waals surface area contributed by atoms with E-state index in [1.165, 1.54) is 6.07 Å². The van der Waals surface area contributed by atoms with Gasteiger partial charge in [-0.15, -0.1) is 35.6 Å². The zero-order valence-electron chi connectivity index (χ0n) is 20.8. The van der Waals surface area contributed by atoms with Gasteiger partial charge in [-0.25, -0.2) is 9.67 Å². The van der Waals surface area contributed by atoms with Crippen LogP contribution in [0, 0.1) is 12.9 Å². The maximum atomic E-state index is 15.0. The Kier molecular flexibility index (Phi) is 12.4. The predicted molar refractivity (Wildman–Crippen MR) is 147 cm³/mol. The number of anilines is 1. The standard InChI is InChI=1S/C23H34Cl2FN5O2Si.ClH/c1-7-18-20(15(3)30-31(18)13-33-10-11-34(4,5)6)16-8-9-19(28-22(16)26)29-23(32)14(2)12-17(27)21(24)25;/h8-9,17,21H,2,7,10-13,27H2,1,3-6H3,(H,28,29,32);1H/t17-;/m0./s1. The smallest absolute Gasteiger partial charge is 0.252 e. The number of carbonyl (C=O) groups is 1. The number of pyridine rings is 1. The van der Waals surface area contributed by atoms with Crippen molar-refractivity contribution in [3.8, 4) is 11.1 Å². The Hall–Kier alpha value is -1.49. The summed E-state index contributed by atoms with van der Waals surface area (Å²) in [6, 6.07) is 3.54. The molecule has 0 spiro atoms. The molecule has 0 aliphatic rings. The third-order valence-corrected chi connectivity index (χ3v) is 7.62. The molecule has 2 rings (SSSR count). The summed E-state index contributed by atoms with van der Waals surface area (Å²) in [7, 11) is -1.19. The van der Waals surface area contributed by atoms with Crippen LogP contribution in [-0.2, 0) is 22.7 Å². The van der Waals surface area contributed by atoms with E-state index in [4.69, 9.17) is 33.7 Å². The average Bonchev–Trinajstić information content (AvgIpc) is 3.05. The molecule has 0 saturated heterocycles. The molecular weight excluding hydrogens is 532 g/mol. The number of alkyl halides is 2. The van der Waals surface area contributed by atoms with E-state index in [-0.39, 0.29) is 30.2 Å². The fourth-order valence-electron chi connectivity index (χ4n) is 3.34. The molecule has 196 valence electrons. The molecule has 0 radical (unpaired) electrons. The van der Waals surface area contributed by atoms with Crippen LogP contribution in [0.15, 0.2) is 24.3 Å². The van der Waals surface area contributed by atoms with E-state index in [9.17, 15) is 4.79 Å². The molecule has 0 aliphatic carbocycles. The normalized spacial score (nSPS) is 12.4. The SMILES string of the molecule is C=C(C[C@H](N)C(Cl)Cl)C(=O)Nc1ccc(-c2c(C)nn(COCC[Si](C)(C)C)c2CC)c(F)n1.Cl. The monoisotopic (exact) mass is 565 g/mol. The number of carbonyl (C=O) groups excluding carboxylic acids is 1. The van der Waals surface area contributed by atoms with Crippen LogP contribution in [0.25, 0.3) is 11.1 Å². The van der Waals surface area contributed by atoms with Gasteiger partial charge in [0, 0.05) is 43.1 Å². The van der Waals surface area contributed by atoms with Crippen molar-refractivity contribution in [1.82, 2.24) is 14.8 Å². The number of rotatable bonds is 12. The van der Waals surface area contributed by atoms with Crippen LogP contribution in [0.5, 0.6) is 0 Å². The van der Waals surface area contributed by atoms with Gasteiger partial charge in [0.2, 0.25) is 5.95 Å². The summed E-state index contributed by atoms with van der Waals surface area (Å²) in [5, 5.41) is 7.09. The molecule has 2 aromatic heterocycles. The Morgan fingerprint density at radius 1 is 1.34 bits per heavy atom. The topological polar surface area (TPSA) is 95.1 Å². The molecule has 0 aromatic carbocycles. The Morgan fingerprint density at radius 3 is 2.54 bits per heavy atom. The molecule has 0 fully saturated rings. The molecule has 2 aromatic rings. The quantitative estimate of drug-likeness (QED) is 0.113. The molecule has 1 amide bonds. The number of halogens is 4. The number of ether oxygens (including phenoxy) is 1. The third kappa shape index (κ3) is 9.15. The number of amides is 1. The van der Waals surface area contributed by atoms with E-state index in [1.54, 1.807) is 10.7 Å². The molecule has 0 bridgehead atoms. The lowest BCUT2D eigenvalue weighted by atomic mass is 10.0. The summed E-state index contributed by atoms with van der Waals surface area (Å²) in [5.74, 6) is -1.18. The van der Waals surface area contributed by atoms with Gasteiger partial charge in [0.25, 0.3) is 5.91 Å². The molecule has 35 heavy (non-hydrogen) atoms. The maximum absolute atomic E-state index is 15.0. The molecule has 7 nitrogen and oxygen atoms in total. The average molecular weight is 567 g/mol. The Balaban J connectivity index is 0.00000612. The highest BCUT2D eigenvalue weighted by molar-refractivity contribution is 6.76. The summed E-state index contributed by atoms with van der Waals surface area (Å²) >= 11 is 11.4. The van der Waals surface area contributed by atoms with Gasteiger partial charge in [-0.3, -0.25) is 4.79 Å². The Morgan fingerprint density at radius 2 is 2.00 bits per heavy atom. The van der Waals surface area contributed by atoms with Gasteiger partial charge in [-0.2, -0.15) is 9.49 Å². The molecule has 12 heteroatoms. The highest BCUT2D eigenvalue weighted by Gasteiger charge is 2.21. The zero-order chi connectivity index (χ0) is 25.6. The first-order valence-electron chi connectivity index (χ1n) is 11.2. The number of nitrogens with two attached hydrogens (primary N) is 1. The maximum Gasteiger partial charge on any atom is 0.252 e. The minimum Gasteiger partial charge on any atom is -0.360 e. The minimum absolute atomic E-state index is 0. The van der Waals surface area contributed by atoms with Crippen LogP contribution in [-0.4, -0.2) is 46.2 Å². The third-order valence-electron chi connectivity index (χ3n) is 5.26. The van der Waals surface area contributed by atoms with Crippen molar-refractivity contribution >= 4 is 55.4 Å². The molecule has 2 heterocycles. The van der Waals surface area contributed by atoms with Gasteiger partial charge in [-0.05, 0) is 37.9 Å². The van der Waals surface area contributed by atoms with Crippen LogP contribution in [0.3, 0.4) is 0 Å². The van der Waals surface area contributed by atoms with E-state index in [2.05, 4.69) is 41.6 Å². The first-order chi connectivity index (χ1) is 15.8. The second kappa shape index (κ2) is 13.7. The van der Waals surface area contributed by atoms with Gasteiger partial charge in [0.1, 0.15) is 17.4 Å². The zero-order valence-corrected chi connectivity index (χ0v) is 24.2. The van der Waals surface area contributed by atoms with E-state index in [1.807, 2.05) is 13.8 Å². The minimum atomic E-state index is -1.19. The first kappa shape index (κ1) is 31.5. The lowest BCUT2D eigenvalue weighted by molar-refractivity contribution is -0.113. The highest BCUT2D eigenvalue weighted by atomic mass is 35.5. The lowest BCUT2D eigenvalue weighted by Gasteiger charge is -2.16. The van der Waals surface area contributed by atoms with Crippen LogP contribution < -0.4 is 11.1 Å². The van der Waals surface area contributed by atoms with Crippen molar-refractivity contribution in [3.63, 3.8) is 0 Å². The Labute approximate surface area is 224 Å². The number of nitrogens with one attached hydrogen (secondary N) is 1. The van der Waals surface area contributed by atoms with Crippen LogP contribution >= 0.6 is 35.6 Å². The fourth-order valence-corrected chi connectivity index (χ4v) is 4.27. The van der Waals surface area contributed by atoms with Crippen molar-refractivity contribution in [3.05, 3.63) is 41.6 Å². The van der Waals surface area contributed by atoms with Crippen molar-refractivity contribution in [1.29, 1.82) is 0 Å². The van der Waals surface area contributed by atoms with E-state index < -0.39 is 30.8 Å². The van der Waals surface area contributed by atoms with Crippen LogP contribution in [0.2, 0.25) is 25.7 Å². The molecule has 3 N–H and O–H groups in total. The molecule has 1 atom stereocenters. The van der Waals surface area contributed by atoms with E-state index >= 15 is 4.39 Å². The van der Waals surface area contributed by atoms with Gasteiger partial charge in [0.05, 0.1) is 5.69 Å². The second-order valence-corrected chi connectivity index (χ2v) is 16.2. The molecule has 0 unspecified atom stereocenters. The lowest BCUT2D eigenvalue weighted by Crippen LogP contribution is -2.30. The van der Waals surface area contributed by atoms with E-state index in [0.717, 1.165) is 11.7 Å². The van der Waals surface area contributed by atoms with Crippen molar-refractivity contribution in [2.45, 2.75) is 70.0 Å². The summed E-state index contributed by atoms with van der Waals surface area (Å²) < 4.78 is 22.7. The fraction of sp³-hybridized carbons (Fsp3) is 0.522. The van der Waals surface area contributed by atoms with Gasteiger partial charge in [-0.1, -0.05) is 33.1 Å². The number of aryl methyl sites for hydroxylation is 1. The second-order valence-electron chi connectivity index (χ2n) is 9.40. The van der Waals surface area contributed by atoms with Crippen molar-refractivity contribution in [2.75, 3.05) is 11.9 Å². The number of hydrogen-bond donors (Lipinski definition) is 2. The number of nitrogens with zero attached hydrogens (tertiary/aromatic N) is 3. The molecule has 0 saturated carbocycles. The summed E-state index contributed by atoms with van der Waals surface area (Å²) in [6.07, 6.45) is 0.746. The Bertz CT molecular complexity index is 1030. The van der Waals surface area contributed by atoms with Gasteiger partial charge in [0.15, 0.2) is 0 Å². The summed E-state index contributed by atoms with van der Waals surface area (Å²) in [4.78, 5) is 15.4. The predicted octanol–water partition coefficient (Wildman–Crippen LogP) is 5.70. The van der Waals surface area contributed by atoms with Crippen LogP contribution in [0.4, 0.5) is 10.2 Å². The largest absolute Gasteiger partial charge is 0.360 e.